The van der Waals surface area contributed by atoms with Crippen LogP contribution in [0.15, 0.2) is 24.3 Å². The van der Waals surface area contributed by atoms with Crippen molar-refractivity contribution in [3.8, 4) is 0 Å². The van der Waals surface area contributed by atoms with Crippen molar-refractivity contribution >= 4 is 17.6 Å². The molecule has 0 saturated heterocycles. The zero-order valence-corrected chi connectivity index (χ0v) is 10.7. The average molecular weight is 262 g/mol. The van der Waals surface area contributed by atoms with Crippen molar-refractivity contribution in [3.63, 3.8) is 0 Å². The van der Waals surface area contributed by atoms with Gasteiger partial charge in [-0.1, -0.05) is 0 Å². The highest BCUT2D eigenvalue weighted by Crippen LogP contribution is 2.24. The van der Waals surface area contributed by atoms with E-state index in [1.54, 1.807) is 12.1 Å². The lowest BCUT2D eigenvalue weighted by atomic mass is 10.2. The molecule has 1 aliphatic heterocycles. The molecule has 1 saturated carbocycles. The highest BCUT2D eigenvalue weighted by molar-refractivity contribution is 6.04. The topological polar surface area (TPSA) is 46.3 Å². The summed E-state index contributed by atoms with van der Waals surface area (Å²) in [5.41, 5.74) is 0.779. The predicted molar refractivity (Wildman–Crippen MR) is 70.0 cm³/mol. The molecule has 0 spiro atoms. The quantitative estimate of drug-likeness (QED) is 0.813. The highest BCUT2D eigenvalue weighted by Gasteiger charge is 2.40. The molecule has 0 aromatic heterocycles. The van der Waals surface area contributed by atoms with Crippen LogP contribution in [0.2, 0.25) is 0 Å². The van der Waals surface area contributed by atoms with Crippen molar-refractivity contribution in [2.45, 2.75) is 31.7 Å². The van der Waals surface area contributed by atoms with Gasteiger partial charge in [-0.15, -0.1) is 0 Å². The van der Waals surface area contributed by atoms with Gasteiger partial charge in [0.2, 0.25) is 0 Å². The van der Waals surface area contributed by atoms with Gasteiger partial charge in [-0.3, -0.25) is 9.79 Å². The number of anilines is 1. The number of halogens is 1. The van der Waals surface area contributed by atoms with E-state index >= 15 is 0 Å². The SMILES string of the molecule is O=C1C[NH+]=C(Nc2ccc(F)cc2)N1C1CCCC1. The fraction of sp³-hybridized carbons (Fsp3) is 0.429. The molecule has 5 heteroatoms. The molecule has 1 aromatic rings. The molecule has 1 amide bonds. The number of hydrogen-bond donors (Lipinski definition) is 2. The Morgan fingerprint density at radius 2 is 1.89 bits per heavy atom. The Kier molecular flexibility index (Phi) is 3.19. The van der Waals surface area contributed by atoms with E-state index in [4.69, 9.17) is 0 Å². The van der Waals surface area contributed by atoms with Crippen LogP contribution in [0.4, 0.5) is 10.1 Å². The first-order valence-electron chi connectivity index (χ1n) is 6.69. The third-order valence-electron chi connectivity index (χ3n) is 3.71. The Bertz CT molecular complexity index is 506. The number of carbonyl (C=O) groups excluding carboxylic acids is 1. The van der Waals surface area contributed by atoms with E-state index in [1.807, 2.05) is 4.90 Å². The van der Waals surface area contributed by atoms with Crippen LogP contribution in [0.25, 0.3) is 0 Å². The maximum Gasteiger partial charge on any atom is 0.358 e. The number of amides is 1. The average Bonchev–Trinajstić information content (AvgIpc) is 3.02. The van der Waals surface area contributed by atoms with Crippen LogP contribution in [0.1, 0.15) is 25.7 Å². The van der Waals surface area contributed by atoms with Crippen LogP contribution >= 0.6 is 0 Å². The van der Waals surface area contributed by atoms with E-state index in [0.717, 1.165) is 24.5 Å². The van der Waals surface area contributed by atoms with Gasteiger partial charge >= 0.3 is 11.9 Å². The standard InChI is InChI=1S/C14H16FN3O/c15-10-5-7-11(8-6-10)17-14-16-9-13(19)18(14)12-3-1-2-4-12/h5-8,12H,1-4,9H2,(H,16,17)/p+1. The number of benzene rings is 1. The molecule has 100 valence electrons. The molecule has 3 rings (SSSR count). The van der Waals surface area contributed by atoms with Crippen molar-refractivity contribution < 1.29 is 14.2 Å². The summed E-state index contributed by atoms with van der Waals surface area (Å²) in [5, 5.41) is 3.17. The molecular weight excluding hydrogens is 245 g/mol. The predicted octanol–water partition coefficient (Wildman–Crippen LogP) is 0.459. The number of nitrogens with zero attached hydrogens (tertiary/aromatic N) is 1. The minimum Gasteiger partial charge on any atom is -0.266 e. The normalized spacial score (nSPS) is 19.9. The summed E-state index contributed by atoms with van der Waals surface area (Å²) < 4.78 is 12.9. The molecule has 19 heavy (non-hydrogen) atoms. The molecule has 2 N–H and O–H groups in total. The van der Waals surface area contributed by atoms with Gasteiger partial charge in [-0.2, -0.15) is 4.90 Å². The Morgan fingerprint density at radius 1 is 1.21 bits per heavy atom. The Hall–Kier alpha value is -1.91. The van der Waals surface area contributed by atoms with Gasteiger partial charge in [-0.05, 0) is 49.9 Å². The van der Waals surface area contributed by atoms with Crippen LogP contribution in [-0.4, -0.2) is 29.4 Å². The number of hydrogen-bond acceptors (Lipinski definition) is 2. The molecule has 1 aromatic carbocycles. The summed E-state index contributed by atoms with van der Waals surface area (Å²) in [4.78, 5) is 16.9. The number of carbonyl (C=O) groups is 1. The Balaban J connectivity index is 1.75. The van der Waals surface area contributed by atoms with Crippen molar-refractivity contribution in [2.24, 2.45) is 0 Å². The molecule has 2 aliphatic rings. The molecule has 1 aliphatic carbocycles. The first kappa shape index (κ1) is 12.1. The van der Waals surface area contributed by atoms with E-state index in [9.17, 15) is 9.18 Å². The fourth-order valence-electron chi connectivity index (χ4n) is 2.78. The van der Waals surface area contributed by atoms with Crippen molar-refractivity contribution in [2.75, 3.05) is 11.9 Å². The summed E-state index contributed by atoms with van der Waals surface area (Å²) in [6.45, 7) is 0.333. The highest BCUT2D eigenvalue weighted by atomic mass is 19.1. The van der Waals surface area contributed by atoms with Crippen molar-refractivity contribution in [3.05, 3.63) is 30.1 Å². The lowest BCUT2D eigenvalue weighted by molar-refractivity contribution is -0.438. The molecule has 0 atom stereocenters. The van der Waals surface area contributed by atoms with Gasteiger partial charge < -0.3 is 0 Å². The van der Waals surface area contributed by atoms with Gasteiger partial charge in [0.25, 0.3) is 0 Å². The second-order valence-electron chi connectivity index (χ2n) is 5.04. The second kappa shape index (κ2) is 4.99. The van der Waals surface area contributed by atoms with E-state index in [0.29, 0.717) is 12.6 Å². The van der Waals surface area contributed by atoms with Gasteiger partial charge in [0.1, 0.15) is 5.82 Å². The summed E-state index contributed by atoms with van der Waals surface area (Å²) in [5.74, 6) is 0.568. The molecule has 0 radical (unpaired) electrons. The summed E-state index contributed by atoms with van der Waals surface area (Å²) in [7, 11) is 0. The van der Waals surface area contributed by atoms with Crippen LogP contribution in [0.3, 0.4) is 0 Å². The monoisotopic (exact) mass is 262 g/mol. The summed E-state index contributed by atoms with van der Waals surface area (Å²) in [6, 6.07) is 6.43. The lowest BCUT2D eigenvalue weighted by Crippen LogP contribution is -2.73. The van der Waals surface area contributed by atoms with Crippen molar-refractivity contribution in [1.29, 1.82) is 0 Å². The van der Waals surface area contributed by atoms with Gasteiger partial charge in [0, 0.05) is 0 Å². The first-order chi connectivity index (χ1) is 9.24. The van der Waals surface area contributed by atoms with Gasteiger partial charge in [-0.25, -0.2) is 9.71 Å². The van der Waals surface area contributed by atoms with E-state index < -0.39 is 0 Å². The third kappa shape index (κ3) is 2.45. The van der Waals surface area contributed by atoms with E-state index in [-0.39, 0.29) is 11.7 Å². The molecule has 1 fully saturated rings. The zero-order chi connectivity index (χ0) is 13.2. The second-order valence-corrected chi connectivity index (χ2v) is 5.04. The molecular formula is C14H17FN3O+. The zero-order valence-electron chi connectivity index (χ0n) is 10.7. The van der Waals surface area contributed by atoms with E-state index in [1.165, 1.54) is 25.0 Å². The lowest BCUT2D eigenvalue weighted by Gasteiger charge is -2.18. The van der Waals surface area contributed by atoms with Crippen LogP contribution in [0.5, 0.6) is 0 Å². The molecule has 4 nitrogen and oxygen atoms in total. The summed E-state index contributed by atoms with van der Waals surface area (Å²) >= 11 is 0. The molecule has 1 heterocycles. The maximum atomic E-state index is 12.9. The van der Waals surface area contributed by atoms with Gasteiger partial charge in [0.15, 0.2) is 6.54 Å². The van der Waals surface area contributed by atoms with Crippen LogP contribution in [0, 0.1) is 5.82 Å². The number of rotatable bonds is 2. The smallest absolute Gasteiger partial charge is 0.266 e. The van der Waals surface area contributed by atoms with Gasteiger partial charge in [0.05, 0.1) is 11.7 Å². The van der Waals surface area contributed by atoms with E-state index in [2.05, 4.69) is 10.3 Å². The minimum absolute atomic E-state index is 0.108. The first-order valence-corrected chi connectivity index (χ1v) is 6.69. The number of guanidine groups is 1. The fourth-order valence-corrected chi connectivity index (χ4v) is 2.78. The third-order valence-corrected chi connectivity index (χ3v) is 3.71. The Labute approximate surface area is 111 Å². The molecule has 0 bridgehead atoms. The maximum absolute atomic E-state index is 12.9. The van der Waals surface area contributed by atoms with Crippen LogP contribution in [-0.2, 0) is 4.79 Å². The molecule has 0 unspecified atom stereocenters. The van der Waals surface area contributed by atoms with Crippen LogP contribution < -0.4 is 10.3 Å². The Morgan fingerprint density at radius 3 is 2.58 bits per heavy atom. The van der Waals surface area contributed by atoms with Crippen molar-refractivity contribution in [1.82, 2.24) is 4.90 Å². The summed E-state index contributed by atoms with van der Waals surface area (Å²) in [6.07, 6.45) is 4.47. The minimum atomic E-state index is -0.265. The largest absolute Gasteiger partial charge is 0.358 e. The number of nitrogens with one attached hydrogen (secondary N) is 2.